The highest BCUT2D eigenvalue weighted by molar-refractivity contribution is 5.83. The number of H-pyrrole nitrogens is 1. The van der Waals surface area contributed by atoms with Crippen molar-refractivity contribution in [1.82, 2.24) is 20.1 Å². The molecule has 3 rings (SSSR count). The number of aromatic nitrogens is 1. The molecule has 1 aromatic heterocycles. The molecule has 0 aliphatic carbocycles. The summed E-state index contributed by atoms with van der Waals surface area (Å²) in [7, 11) is 2.09. The molecule has 0 saturated carbocycles. The van der Waals surface area contributed by atoms with Gasteiger partial charge in [0, 0.05) is 61.9 Å². The normalized spacial score (nSPS) is 20.2. The van der Waals surface area contributed by atoms with Crippen LogP contribution in [0.15, 0.2) is 30.5 Å². The van der Waals surface area contributed by atoms with E-state index in [0.717, 1.165) is 19.5 Å². The number of hydrogen-bond donors (Lipinski definition) is 2. The van der Waals surface area contributed by atoms with Crippen LogP contribution < -0.4 is 5.32 Å². The van der Waals surface area contributed by atoms with E-state index >= 15 is 0 Å². The number of unbranched alkanes of at least 4 members (excludes halogenated alkanes) is 1. The Kier molecular flexibility index (Phi) is 7.95. The van der Waals surface area contributed by atoms with E-state index in [1.807, 2.05) is 0 Å². The van der Waals surface area contributed by atoms with Gasteiger partial charge in [-0.25, -0.2) is 0 Å². The van der Waals surface area contributed by atoms with Crippen LogP contribution in [-0.2, 0) is 6.42 Å². The summed E-state index contributed by atoms with van der Waals surface area (Å²) in [6, 6.07) is 10.0. The van der Waals surface area contributed by atoms with Gasteiger partial charge in [0.05, 0.1) is 0 Å². The lowest BCUT2D eigenvalue weighted by Gasteiger charge is -2.46. The SMILES string of the molecule is CCCC[C@@H](CNC)N1CCN(CCc2c[nH]c3ccccc23)[C@H](C(C)C)C1. The van der Waals surface area contributed by atoms with Gasteiger partial charge in [-0.05, 0) is 37.4 Å². The predicted octanol–water partition coefficient (Wildman–Crippen LogP) is 4.13. The Bertz CT molecular complexity index is 707. The Labute approximate surface area is 171 Å². The second-order valence-corrected chi connectivity index (χ2v) is 8.81. The number of likely N-dealkylation sites (N-methyl/N-ethyl adjacent to an activating group) is 1. The summed E-state index contributed by atoms with van der Waals surface area (Å²) < 4.78 is 0. The average Bonchev–Trinajstić information content (AvgIpc) is 3.12. The molecule has 2 heterocycles. The minimum absolute atomic E-state index is 0.653. The minimum Gasteiger partial charge on any atom is -0.361 e. The molecule has 2 N–H and O–H groups in total. The van der Waals surface area contributed by atoms with Crippen LogP contribution in [0.5, 0.6) is 0 Å². The van der Waals surface area contributed by atoms with Gasteiger partial charge >= 0.3 is 0 Å². The fraction of sp³-hybridized carbons (Fsp3) is 0.667. The van der Waals surface area contributed by atoms with E-state index in [0.29, 0.717) is 18.0 Å². The number of nitrogens with zero attached hydrogens (tertiary/aromatic N) is 2. The first kappa shape index (κ1) is 21.4. The minimum atomic E-state index is 0.653. The maximum absolute atomic E-state index is 3.43. The van der Waals surface area contributed by atoms with Gasteiger partial charge in [-0.15, -0.1) is 0 Å². The number of piperazine rings is 1. The van der Waals surface area contributed by atoms with Crippen molar-refractivity contribution in [3.05, 3.63) is 36.0 Å². The summed E-state index contributed by atoms with van der Waals surface area (Å²) in [5.74, 6) is 0.687. The zero-order valence-corrected chi connectivity index (χ0v) is 18.4. The molecule has 4 heteroatoms. The molecule has 0 spiro atoms. The van der Waals surface area contributed by atoms with Crippen LogP contribution in [0.4, 0.5) is 0 Å². The number of para-hydroxylation sites is 1. The van der Waals surface area contributed by atoms with E-state index in [9.17, 15) is 0 Å². The lowest BCUT2D eigenvalue weighted by atomic mass is 9.96. The van der Waals surface area contributed by atoms with E-state index in [1.54, 1.807) is 0 Å². The Morgan fingerprint density at radius 1 is 1.21 bits per heavy atom. The highest BCUT2D eigenvalue weighted by Gasteiger charge is 2.31. The van der Waals surface area contributed by atoms with Gasteiger partial charge < -0.3 is 10.3 Å². The predicted molar refractivity (Wildman–Crippen MR) is 121 cm³/mol. The zero-order valence-electron chi connectivity index (χ0n) is 18.4. The van der Waals surface area contributed by atoms with Gasteiger partial charge in [-0.2, -0.15) is 0 Å². The largest absolute Gasteiger partial charge is 0.361 e. The van der Waals surface area contributed by atoms with Crippen molar-refractivity contribution >= 4 is 10.9 Å². The van der Waals surface area contributed by atoms with Gasteiger partial charge in [0.1, 0.15) is 0 Å². The molecule has 0 radical (unpaired) electrons. The Morgan fingerprint density at radius 2 is 2.04 bits per heavy atom. The highest BCUT2D eigenvalue weighted by Crippen LogP contribution is 2.23. The second kappa shape index (κ2) is 10.4. The van der Waals surface area contributed by atoms with Crippen molar-refractivity contribution in [3.63, 3.8) is 0 Å². The first-order chi connectivity index (χ1) is 13.6. The molecule has 1 aliphatic rings. The van der Waals surface area contributed by atoms with E-state index in [1.165, 1.54) is 55.4 Å². The number of fused-ring (bicyclic) bond motifs is 1. The lowest BCUT2D eigenvalue weighted by Crippen LogP contribution is -2.59. The Balaban J connectivity index is 1.62. The van der Waals surface area contributed by atoms with Crippen LogP contribution in [0.3, 0.4) is 0 Å². The van der Waals surface area contributed by atoms with Crippen LogP contribution >= 0.6 is 0 Å². The molecular weight excluding hydrogens is 344 g/mol. The zero-order chi connectivity index (χ0) is 19.9. The smallest absolute Gasteiger partial charge is 0.0456 e. The van der Waals surface area contributed by atoms with E-state index in [2.05, 4.69) is 78.4 Å². The molecule has 1 saturated heterocycles. The summed E-state index contributed by atoms with van der Waals surface area (Å²) in [4.78, 5) is 8.94. The molecule has 0 bridgehead atoms. The van der Waals surface area contributed by atoms with Crippen LogP contribution in [-0.4, -0.2) is 66.6 Å². The summed E-state index contributed by atoms with van der Waals surface area (Å²) in [6.07, 6.45) is 7.28. The van der Waals surface area contributed by atoms with Crippen LogP contribution in [0.25, 0.3) is 10.9 Å². The molecule has 2 aromatic rings. The molecule has 0 unspecified atom stereocenters. The monoisotopic (exact) mass is 384 g/mol. The number of nitrogens with one attached hydrogen (secondary N) is 2. The molecular formula is C24H40N4. The summed E-state index contributed by atoms with van der Waals surface area (Å²) in [5.41, 5.74) is 2.71. The van der Waals surface area contributed by atoms with Crippen molar-refractivity contribution in [2.75, 3.05) is 39.8 Å². The fourth-order valence-electron chi connectivity index (χ4n) is 4.80. The van der Waals surface area contributed by atoms with Crippen molar-refractivity contribution in [3.8, 4) is 0 Å². The van der Waals surface area contributed by atoms with Gasteiger partial charge in [0.2, 0.25) is 0 Å². The molecule has 1 aromatic carbocycles. The van der Waals surface area contributed by atoms with Crippen LogP contribution in [0, 0.1) is 5.92 Å². The molecule has 156 valence electrons. The number of rotatable bonds is 10. The number of aromatic amines is 1. The molecule has 2 atom stereocenters. The summed E-state index contributed by atoms with van der Waals surface area (Å²) in [5, 5.41) is 4.82. The summed E-state index contributed by atoms with van der Waals surface area (Å²) >= 11 is 0. The van der Waals surface area contributed by atoms with Gasteiger partial charge in [0.25, 0.3) is 0 Å². The first-order valence-corrected chi connectivity index (χ1v) is 11.3. The molecule has 1 aliphatic heterocycles. The third-order valence-electron chi connectivity index (χ3n) is 6.52. The van der Waals surface area contributed by atoms with Crippen molar-refractivity contribution in [1.29, 1.82) is 0 Å². The number of hydrogen-bond acceptors (Lipinski definition) is 3. The van der Waals surface area contributed by atoms with Gasteiger partial charge in [-0.1, -0.05) is 51.8 Å². The van der Waals surface area contributed by atoms with Gasteiger partial charge in [0.15, 0.2) is 0 Å². The van der Waals surface area contributed by atoms with Crippen LogP contribution in [0.2, 0.25) is 0 Å². The molecule has 28 heavy (non-hydrogen) atoms. The lowest BCUT2D eigenvalue weighted by molar-refractivity contribution is 0.0258. The van der Waals surface area contributed by atoms with Gasteiger partial charge in [-0.3, -0.25) is 9.80 Å². The quantitative estimate of drug-likeness (QED) is 0.646. The standard InChI is InChI=1S/C24H40N4/c1-5-6-9-21(17-25-4)28-15-14-27(24(18-28)19(2)3)13-12-20-16-26-23-11-8-7-10-22(20)23/h7-8,10-11,16,19,21,24-26H,5-6,9,12-15,17-18H2,1-4H3/t21-,24-/m0/s1. The third kappa shape index (κ3) is 5.16. The molecule has 0 amide bonds. The number of benzene rings is 1. The Morgan fingerprint density at radius 3 is 2.79 bits per heavy atom. The van der Waals surface area contributed by atoms with Crippen molar-refractivity contribution < 1.29 is 0 Å². The van der Waals surface area contributed by atoms with E-state index < -0.39 is 0 Å². The van der Waals surface area contributed by atoms with Crippen molar-refractivity contribution in [2.45, 2.75) is 58.5 Å². The highest BCUT2D eigenvalue weighted by atomic mass is 15.3. The second-order valence-electron chi connectivity index (χ2n) is 8.81. The molecule has 4 nitrogen and oxygen atoms in total. The van der Waals surface area contributed by atoms with Crippen LogP contribution in [0.1, 0.15) is 45.6 Å². The maximum atomic E-state index is 3.43. The Hall–Kier alpha value is -1.36. The fourth-order valence-corrected chi connectivity index (χ4v) is 4.80. The van der Waals surface area contributed by atoms with E-state index in [-0.39, 0.29) is 0 Å². The first-order valence-electron chi connectivity index (χ1n) is 11.3. The third-order valence-corrected chi connectivity index (χ3v) is 6.52. The maximum Gasteiger partial charge on any atom is 0.0456 e. The topological polar surface area (TPSA) is 34.3 Å². The average molecular weight is 385 g/mol. The van der Waals surface area contributed by atoms with E-state index in [4.69, 9.17) is 0 Å². The summed E-state index contributed by atoms with van der Waals surface area (Å²) in [6.45, 7) is 13.0. The molecule has 1 fully saturated rings. The van der Waals surface area contributed by atoms with Crippen molar-refractivity contribution in [2.24, 2.45) is 5.92 Å².